The molecule has 0 amide bonds. The summed E-state index contributed by atoms with van der Waals surface area (Å²) in [6, 6.07) is 3.65. The van der Waals surface area contributed by atoms with Gasteiger partial charge in [0.25, 0.3) is 0 Å². The molecule has 0 bridgehead atoms. The normalized spacial score (nSPS) is 12.3. The van der Waals surface area contributed by atoms with Crippen LogP contribution in [0.2, 0.25) is 0 Å². The molecular weight excluding hydrogens is 210 g/mol. The molecule has 0 aliphatic heterocycles. The Balaban J connectivity index is 2.87. The van der Waals surface area contributed by atoms with Crippen LogP contribution in [0.15, 0.2) is 18.2 Å². The van der Waals surface area contributed by atoms with Gasteiger partial charge in [-0.3, -0.25) is 0 Å². The quantitative estimate of drug-likeness (QED) is 0.738. The first-order valence-electron chi connectivity index (χ1n) is 5.36. The van der Waals surface area contributed by atoms with E-state index in [-0.39, 0.29) is 17.3 Å². The van der Waals surface area contributed by atoms with E-state index in [0.29, 0.717) is 0 Å². The Morgan fingerprint density at radius 3 is 2.69 bits per heavy atom. The van der Waals surface area contributed by atoms with Gasteiger partial charge in [0.05, 0.1) is 6.10 Å². The highest BCUT2D eigenvalue weighted by Gasteiger charge is 2.18. The summed E-state index contributed by atoms with van der Waals surface area (Å²) in [5.41, 5.74) is 0.185. The van der Waals surface area contributed by atoms with Gasteiger partial charge in [0.1, 0.15) is 11.6 Å². The lowest BCUT2D eigenvalue weighted by Gasteiger charge is -2.16. The highest BCUT2D eigenvalue weighted by atomic mass is 19.1. The summed E-state index contributed by atoms with van der Waals surface area (Å²) < 4.78 is 18.5. The summed E-state index contributed by atoms with van der Waals surface area (Å²) in [5.74, 6) is -0.265. The van der Waals surface area contributed by atoms with E-state index in [1.807, 2.05) is 13.8 Å². The van der Waals surface area contributed by atoms with Gasteiger partial charge >= 0.3 is 7.12 Å². The summed E-state index contributed by atoms with van der Waals surface area (Å²) in [7, 11) is -1.65. The molecule has 0 fully saturated rings. The minimum Gasteiger partial charge on any atom is -0.491 e. The first kappa shape index (κ1) is 13.0. The molecule has 1 unspecified atom stereocenters. The molecule has 0 saturated heterocycles. The van der Waals surface area contributed by atoms with Gasteiger partial charge in [-0.2, -0.15) is 0 Å². The van der Waals surface area contributed by atoms with Gasteiger partial charge in [-0.05, 0) is 19.4 Å². The van der Waals surface area contributed by atoms with Crippen molar-refractivity contribution in [2.24, 2.45) is 0 Å². The zero-order valence-electron chi connectivity index (χ0n) is 9.48. The molecule has 0 aliphatic rings. The molecule has 0 aromatic heterocycles. The summed E-state index contributed by atoms with van der Waals surface area (Å²) in [4.78, 5) is 0. The van der Waals surface area contributed by atoms with Crippen LogP contribution in [0, 0.1) is 5.82 Å². The Morgan fingerprint density at radius 2 is 2.12 bits per heavy atom. The zero-order chi connectivity index (χ0) is 12.1. The third-order valence-electron chi connectivity index (χ3n) is 2.28. The zero-order valence-corrected chi connectivity index (χ0v) is 9.48. The third kappa shape index (κ3) is 3.50. The van der Waals surface area contributed by atoms with Gasteiger partial charge in [-0.15, -0.1) is 0 Å². The summed E-state index contributed by atoms with van der Waals surface area (Å²) in [5, 5.41) is 18.2. The van der Waals surface area contributed by atoms with E-state index in [9.17, 15) is 4.39 Å². The maximum Gasteiger partial charge on any atom is 0.492 e. The average Bonchev–Trinajstić information content (AvgIpc) is 2.17. The topological polar surface area (TPSA) is 49.7 Å². The average molecular weight is 226 g/mol. The van der Waals surface area contributed by atoms with Crippen molar-refractivity contribution < 1.29 is 19.2 Å². The van der Waals surface area contributed by atoms with Gasteiger partial charge in [0.2, 0.25) is 0 Å². The van der Waals surface area contributed by atoms with Crippen LogP contribution in [0.5, 0.6) is 5.75 Å². The maximum atomic E-state index is 13.0. The smallest absolute Gasteiger partial charge is 0.491 e. The van der Waals surface area contributed by atoms with Gasteiger partial charge in [0, 0.05) is 11.5 Å². The van der Waals surface area contributed by atoms with Crippen molar-refractivity contribution in [1.82, 2.24) is 0 Å². The van der Waals surface area contributed by atoms with Crippen LogP contribution in [-0.2, 0) is 0 Å². The molecule has 1 rings (SSSR count). The molecular formula is C11H16BFO3. The van der Waals surface area contributed by atoms with Crippen LogP contribution >= 0.6 is 0 Å². The van der Waals surface area contributed by atoms with Crippen LogP contribution in [0.25, 0.3) is 0 Å². The Bertz CT molecular complexity index is 344. The second kappa shape index (κ2) is 5.87. The first-order valence-corrected chi connectivity index (χ1v) is 5.36. The number of halogens is 1. The minimum atomic E-state index is -1.65. The van der Waals surface area contributed by atoms with E-state index in [2.05, 4.69) is 0 Å². The van der Waals surface area contributed by atoms with Crippen molar-refractivity contribution in [1.29, 1.82) is 0 Å². The van der Waals surface area contributed by atoms with Crippen LogP contribution < -0.4 is 10.2 Å². The lowest BCUT2D eigenvalue weighted by atomic mass is 9.79. The van der Waals surface area contributed by atoms with E-state index in [4.69, 9.17) is 14.8 Å². The van der Waals surface area contributed by atoms with Crippen molar-refractivity contribution in [3.05, 3.63) is 24.0 Å². The van der Waals surface area contributed by atoms with Crippen molar-refractivity contribution in [3.8, 4) is 5.75 Å². The van der Waals surface area contributed by atoms with E-state index in [1.165, 1.54) is 18.2 Å². The first-order chi connectivity index (χ1) is 7.54. The predicted octanol–water partition coefficient (Wildman–Crippen LogP) is 1.07. The molecule has 5 heteroatoms. The fourth-order valence-corrected chi connectivity index (χ4v) is 1.51. The largest absolute Gasteiger partial charge is 0.492 e. The number of benzene rings is 1. The number of ether oxygens (including phenoxy) is 1. The van der Waals surface area contributed by atoms with E-state index < -0.39 is 12.9 Å². The Kier molecular flexibility index (Phi) is 4.77. The highest BCUT2D eigenvalue weighted by Crippen LogP contribution is 2.14. The molecule has 1 aromatic carbocycles. The summed E-state index contributed by atoms with van der Waals surface area (Å²) in [6.07, 6.45) is 1.70. The van der Waals surface area contributed by atoms with Crippen molar-refractivity contribution in [2.45, 2.75) is 32.8 Å². The van der Waals surface area contributed by atoms with Crippen LogP contribution in [0.3, 0.4) is 0 Å². The Labute approximate surface area is 95.0 Å². The minimum absolute atomic E-state index is 0.0794. The van der Waals surface area contributed by atoms with Gasteiger partial charge in [0.15, 0.2) is 0 Å². The van der Waals surface area contributed by atoms with E-state index in [1.54, 1.807) is 0 Å². The lowest BCUT2D eigenvalue weighted by molar-refractivity contribution is 0.210. The molecule has 0 radical (unpaired) electrons. The fourth-order valence-electron chi connectivity index (χ4n) is 1.51. The molecule has 1 aromatic rings. The van der Waals surface area contributed by atoms with Crippen LogP contribution in [0.4, 0.5) is 4.39 Å². The second-order valence-corrected chi connectivity index (χ2v) is 3.77. The van der Waals surface area contributed by atoms with Crippen molar-refractivity contribution >= 4 is 12.6 Å². The highest BCUT2D eigenvalue weighted by molar-refractivity contribution is 6.59. The standard InChI is InChI=1S/C11H16BFO3/c1-3-4-8(2)16-11-7-9(13)5-6-10(11)12(14)15/h5-8,14-15H,3-4H2,1-2H3. The van der Waals surface area contributed by atoms with E-state index in [0.717, 1.165) is 12.8 Å². The number of hydrogen-bond donors (Lipinski definition) is 2. The lowest BCUT2D eigenvalue weighted by Crippen LogP contribution is -2.32. The van der Waals surface area contributed by atoms with E-state index >= 15 is 0 Å². The summed E-state index contributed by atoms with van der Waals surface area (Å²) in [6.45, 7) is 3.88. The molecule has 0 heterocycles. The van der Waals surface area contributed by atoms with Crippen LogP contribution in [0.1, 0.15) is 26.7 Å². The Hall–Kier alpha value is -1.07. The SMILES string of the molecule is CCCC(C)Oc1cc(F)ccc1B(O)O. The monoisotopic (exact) mass is 226 g/mol. The summed E-state index contributed by atoms with van der Waals surface area (Å²) >= 11 is 0. The third-order valence-corrected chi connectivity index (χ3v) is 2.28. The molecule has 2 N–H and O–H groups in total. The molecule has 0 spiro atoms. The Morgan fingerprint density at radius 1 is 1.44 bits per heavy atom. The van der Waals surface area contributed by atoms with Crippen molar-refractivity contribution in [2.75, 3.05) is 0 Å². The molecule has 0 saturated carbocycles. The van der Waals surface area contributed by atoms with Crippen molar-refractivity contribution in [3.63, 3.8) is 0 Å². The molecule has 1 atom stereocenters. The van der Waals surface area contributed by atoms with Gasteiger partial charge in [-0.1, -0.05) is 19.4 Å². The fraction of sp³-hybridized carbons (Fsp3) is 0.455. The van der Waals surface area contributed by atoms with Crippen LogP contribution in [-0.4, -0.2) is 23.3 Å². The molecule has 88 valence electrons. The predicted molar refractivity (Wildman–Crippen MR) is 61.2 cm³/mol. The molecule has 0 aliphatic carbocycles. The van der Waals surface area contributed by atoms with Gasteiger partial charge in [-0.25, -0.2) is 4.39 Å². The molecule has 3 nitrogen and oxygen atoms in total. The number of hydrogen-bond acceptors (Lipinski definition) is 3. The molecule has 16 heavy (non-hydrogen) atoms. The second-order valence-electron chi connectivity index (χ2n) is 3.77. The maximum absolute atomic E-state index is 13.0. The number of rotatable bonds is 5. The van der Waals surface area contributed by atoms with Gasteiger partial charge < -0.3 is 14.8 Å².